The van der Waals surface area contributed by atoms with E-state index < -0.39 is 0 Å². The van der Waals surface area contributed by atoms with E-state index in [0.29, 0.717) is 0 Å². The summed E-state index contributed by atoms with van der Waals surface area (Å²) in [5, 5.41) is 2.87. The highest BCUT2D eigenvalue weighted by Crippen LogP contribution is 2.25. The van der Waals surface area contributed by atoms with Crippen LogP contribution in [-0.4, -0.2) is 11.8 Å². The maximum atomic E-state index is 11.5. The summed E-state index contributed by atoms with van der Waals surface area (Å²) in [6, 6.07) is 8.21. The van der Waals surface area contributed by atoms with Gasteiger partial charge in [0.1, 0.15) is 0 Å². The largest absolute Gasteiger partial charge is 0.347 e. The van der Waals surface area contributed by atoms with Crippen molar-refractivity contribution in [3.05, 3.63) is 29.8 Å². The van der Waals surface area contributed by atoms with Crippen LogP contribution < -0.4 is 5.32 Å². The zero-order valence-electron chi connectivity index (χ0n) is 11.0. The zero-order chi connectivity index (χ0) is 12.9. The number of hydrogen-bond donors (Lipinski definition) is 1. The molecule has 0 fully saturated rings. The summed E-state index contributed by atoms with van der Waals surface area (Å²) in [5.41, 5.74) is 1.45. The van der Waals surface area contributed by atoms with Gasteiger partial charge >= 0.3 is 0 Å². The van der Waals surface area contributed by atoms with E-state index in [0.717, 1.165) is 17.9 Å². The Morgan fingerprint density at radius 3 is 2.29 bits per heavy atom. The molecule has 3 heteroatoms. The summed E-state index contributed by atoms with van der Waals surface area (Å²) in [6.45, 7) is 9.34. The van der Waals surface area contributed by atoms with Gasteiger partial charge in [0, 0.05) is 11.4 Å². The van der Waals surface area contributed by atoms with Crippen molar-refractivity contribution in [2.45, 2.75) is 44.4 Å². The normalized spacial score (nSPS) is 11.3. The highest BCUT2D eigenvalue weighted by atomic mass is 32.2. The van der Waals surface area contributed by atoms with Gasteiger partial charge in [-0.1, -0.05) is 39.8 Å². The molecule has 0 aliphatic carbocycles. The third-order valence-corrected chi connectivity index (χ3v) is 3.29. The Labute approximate surface area is 108 Å². The summed E-state index contributed by atoms with van der Waals surface area (Å²) >= 11 is 1.25. The van der Waals surface area contributed by atoms with Gasteiger partial charge in [-0.25, -0.2) is 0 Å². The van der Waals surface area contributed by atoms with Gasteiger partial charge in [-0.2, -0.15) is 0 Å². The molecule has 94 valence electrons. The first-order chi connectivity index (χ1) is 7.93. The van der Waals surface area contributed by atoms with Crippen LogP contribution in [0.5, 0.6) is 0 Å². The van der Waals surface area contributed by atoms with Gasteiger partial charge in [0.25, 0.3) is 5.24 Å². The van der Waals surface area contributed by atoms with Gasteiger partial charge in [0.05, 0.1) is 0 Å². The second kappa shape index (κ2) is 6.10. The second-order valence-electron chi connectivity index (χ2n) is 5.09. The van der Waals surface area contributed by atoms with E-state index in [4.69, 9.17) is 0 Å². The van der Waals surface area contributed by atoms with Gasteiger partial charge in [0.15, 0.2) is 0 Å². The van der Waals surface area contributed by atoms with E-state index in [9.17, 15) is 4.79 Å². The van der Waals surface area contributed by atoms with Crippen molar-refractivity contribution in [1.82, 2.24) is 5.32 Å². The molecule has 0 aliphatic heterocycles. The molecule has 0 spiro atoms. The van der Waals surface area contributed by atoms with Crippen LogP contribution in [-0.2, 0) is 5.41 Å². The number of rotatable bonds is 3. The fourth-order valence-electron chi connectivity index (χ4n) is 1.39. The molecule has 17 heavy (non-hydrogen) atoms. The minimum absolute atomic E-state index is 0.0235. The number of nitrogens with one attached hydrogen (secondary N) is 1. The molecular weight excluding hydrogens is 230 g/mol. The van der Waals surface area contributed by atoms with E-state index in [1.54, 1.807) is 0 Å². The molecular formula is C14H21NOS. The van der Waals surface area contributed by atoms with E-state index in [2.05, 4.69) is 38.2 Å². The lowest BCUT2D eigenvalue weighted by Gasteiger charge is -2.18. The summed E-state index contributed by atoms with van der Waals surface area (Å²) in [4.78, 5) is 12.5. The van der Waals surface area contributed by atoms with Crippen LogP contribution in [0.1, 0.15) is 39.7 Å². The van der Waals surface area contributed by atoms with Crippen LogP contribution in [0.2, 0.25) is 0 Å². The van der Waals surface area contributed by atoms with Crippen molar-refractivity contribution in [2.75, 3.05) is 6.54 Å². The second-order valence-corrected chi connectivity index (χ2v) is 6.14. The number of hydrogen-bond acceptors (Lipinski definition) is 2. The molecule has 0 aliphatic rings. The molecule has 1 rings (SSSR count). The third kappa shape index (κ3) is 4.82. The molecule has 1 aromatic rings. The fourth-order valence-corrected chi connectivity index (χ4v) is 2.05. The molecule has 1 amide bonds. The van der Waals surface area contributed by atoms with Crippen molar-refractivity contribution in [1.29, 1.82) is 0 Å². The molecule has 0 bridgehead atoms. The molecule has 0 radical (unpaired) electrons. The summed E-state index contributed by atoms with van der Waals surface area (Å²) in [7, 11) is 0. The molecule has 1 aromatic carbocycles. The Hall–Kier alpha value is -0.960. The van der Waals surface area contributed by atoms with E-state index >= 15 is 0 Å². The van der Waals surface area contributed by atoms with Gasteiger partial charge in [-0.05, 0) is 41.3 Å². The maximum Gasteiger partial charge on any atom is 0.283 e. The number of thioether (sulfide) groups is 1. The molecule has 0 heterocycles. The average molecular weight is 251 g/mol. The van der Waals surface area contributed by atoms with Crippen LogP contribution >= 0.6 is 11.8 Å². The average Bonchev–Trinajstić information content (AvgIpc) is 2.26. The van der Waals surface area contributed by atoms with Gasteiger partial charge in [-0.3, -0.25) is 4.79 Å². The first kappa shape index (κ1) is 14.1. The Balaban J connectivity index is 2.60. The highest BCUT2D eigenvalue weighted by molar-refractivity contribution is 8.13. The first-order valence-corrected chi connectivity index (χ1v) is 6.81. The van der Waals surface area contributed by atoms with Crippen LogP contribution in [0.3, 0.4) is 0 Å². The van der Waals surface area contributed by atoms with Crippen molar-refractivity contribution in [3.63, 3.8) is 0 Å². The van der Waals surface area contributed by atoms with Gasteiger partial charge in [-0.15, -0.1) is 0 Å². The van der Waals surface area contributed by atoms with Crippen molar-refractivity contribution in [2.24, 2.45) is 0 Å². The quantitative estimate of drug-likeness (QED) is 0.816. The minimum atomic E-state index is 0.0235. The maximum absolute atomic E-state index is 11.5. The predicted octanol–water partition coefficient (Wildman–Crippen LogP) is 4.20. The number of carbonyl (C=O) groups excluding carboxylic acids is 1. The van der Waals surface area contributed by atoms with Crippen LogP contribution in [0.25, 0.3) is 0 Å². The minimum Gasteiger partial charge on any atom is -0.347 e. The Kier molecular flexibility index (Phi) is 5.06. The first-order valence-electron chi connectivity index (χ1n) is 5.99. The number of carbonyl (C=O) groups is 1. The SMILES string of the molecule is CCCNC(=O)Sc1ccc(C(C)(C)C)cc1. The topological polar surface area (TPSA) is 29.1 Å². The molecule has 2 nitrogen and oxygen atoms in total. The van der Waals surface area contributed by atoms with E-state index in [-0.39, 0.29) is 10.7 Å². The summed E-state index contributed by atoms with van der Waals surface area (Å²) in [6.07, 6.45) is 0.968. The monoisotopic (exact) mass is 251 g/mol. The molecule has 0 unspecified atom stereocenters. The molecule has 1 N–H and O–H groups in total. The van der Waals surface area contributed by atoms with Gasteiger partial charge in [0.2, 0.25) is 0 Å². The molecule has 0 saturated heterocycles. The van der Waals surface area contributed by atoms with Crippen LogP contribution in [0, 0.1) is 0 Å². The molecule has 0 saturated carbocycles. The predicted molar refractivity (Wildman–Crippen MR) is 74.7 cm³/mol. The number of amides is 1. The number of benzene rings is 1. The van der Waals surface area contributed by atoms with Crippen molar-refractivity contribution >= 4 is 17.0 Å². The summed E-state index contributed by atoms with van der Waals surface area (Å²) in [5.74, 6) is 0. The summed E-state index contributed by atoms with van der Waals surface area (Å²) < 4.78 is 0. The Morgan fingerprint density at radius 1 is 1.24 bits per heavy atom. The van der Waals surface area contributed by atoms with E-state index in [1.165, 1.54) is 17.3 Å². The van der Waals surface area contributed by atoms with Crippen molar-refractivity contribution < 1.29 is 4.79 Å². The van der Waals surface area contributed by atoms with E-state index in [1.807, 2.05) is 19.1 Å². The Morgan fingerprint density at radius 2 is 1.82 bits per heavy atom. The fraction of sp³-hybridized carbons (Fsp3) is 0.500. The lowest BCUT2D eigenvalue weighted by atomic mass is 9.87. The van der Waals surface area contributed by atoms with Crippen molar-refractivity contribution in [3.8, 4) is 0 Å². The van der Waals surface area contributed by atoms with Crippen LogP contribution in [0.15, 0.2) is 29.2 Å². The molecule has 0 atom stereocenters. The zero-order valence-corrected chi connectivity index (χ0v) is 11.9. The lowest BCUT2D eigenvalue weighted by molar-refractivity contribution is 0.260. The lowest BCUT2D eigenvalue weighted by Crippen LogP contribution is -2.18. The highest BCUT2D eigenvalue weighted by Gasteiger charge is 2.13. The Bertz CT molecular complexity index is 365. The van der Waals surface area contributed by atoms with Crippen LogP contribution in [0.4, 0.5) is 4.79 Å². The molecule has 0 aromatic heterocycles. The smallest absolute Gasteiger partial charge is 0.283 e. The van der Waals surface area contributed by atoms with Gasteiger partial charge < -0.3 is 5.32 Å². The third-order valence-electron chi connectivity index (χ3n) is 2.45. The standard InChI is InChI=1S/C14H21NOS/c1-5-10-15-13(16)17-12-8-6-11(7-9-12)14(2,3)4/h6-9H,5,10H2,1-4H3,(H,15,16).